The van der Waals surface area contributed by atoms with E-state index in [1.807, 2.05) is 18.2 Å². The predicted octanol–water partition coefficient (Wildman–Crippen LogP) is 9.79. The molecule has 5 aromatic rings. The number of nitrogens with zero attached hydrogens (tertiary/aromatic N) is 10. The molecule has 0 amide bonds. The number of rotatable bonds is 4. The maximum atomic E-state index is 10.5. The fourth-order valence-electron chi connectivity index (χ4n) is 6.65. The van der Waals surface area contributed by atoms with Crippen LogP contribution in [0.15, 0.2) is 109 Å². The lowest BCUT2D eigenvalue weighted by Gasteiger charge is -2.13. The normalized spacial score (nSPS) is 14.1. The predicted molar refractivity (Wildman–Crippen MR) is 201 cm³/mol. The van der Waals surface area contributed by atoms with Crippen molar-refractivity contribution in [1.82, 2.24) is 9.97 Å². The Kier molecular flexibility index (Phi) is 8.41. The van der Waals surface area contributed by atoms with Gasteiger partial charge in [-0.2, -0.15) is 10.5 Å². The van der Waals surface area contributed by atoms with E-state index in [2.05, 4.69) is 35.4 Å². The first-order valence-electron chi connectivity index (χ1n) is 15.8. The highest BCUT2D eigenvalue weighted by molar-refractivity contribution is 6.27. The Morgan fingerprint density at radius 3 is 1.54 bits per heavy atom. The van der Waals surface area contributed by atoms with Gasteiger partial charge in [-0.15, -0.1) is 0 Å². The molecule has 0 spiro atoms. The standard InChI is InChI=1S/C44H16N10/c1-49-30-12-16-37(54-24-30)28-10-13-31-33(17-28)35(20-46)40(42(31)38(21-47)50-2)26-6-8-27(9-7-26)41-43(39(22-48)51-3)32-14-11-29(18-34(32)44(41)52-4)36-15-5-25(19-45)23-53-36/h5-18,23-24H/b42-38+,43-39-. The molecule has 0 unspecified atom stereocenters. The second kappa shape index (κ2) is 13.6. The first-order chi connectivity index (χ1) is 26.4. The fourth-order valence-corrected chi connectivity index (χ4v) is 6.65. The maximum absolute atomic E-state index is 10.5. The monoisotopic (exact) mass is 684 g/mol. The molecule has 0 aliphatic heterocycles. The Morgan fingerprint density at radius 1 is 0.519 bits per heavy atom. The SMILES string of the molecule is [C-]#[N+]C1=C(c2ccc(C3=C(C#N)c4cc(-c5ccc([N+]#[C-])cn5)ccc4/C3=C(/C#N)[N+]#[C-])cc2)/C(=C(/C#N)[N+]#[C-])c2ccc(-c3ccc(C#N)cn3)cc21. The summed E-state index contributed by atoms with van der Waals surface area (Å²) in [5.41, 5.74) is 8.03. The molecule has 3 aromatic carbocycles. The lowest BCUT2D eigenvalue weighted by atomic mass is 9.91. The summed E-state index contributed by atoms with van der Waals surface area (Å²) in [6.07, 6.45) is 2.92. The van der Waals surface area contributed by atoms with E-state index in [-0.39, 0.29) is 22.7 Å². The van der Waals surface area contributed by atoms with Crippen LogP contribution in [0.2, 0.25) is 0 Å². The molecule has 2 aliphatic carbocycles. The number of aromatic nitrogens is 2. The van der Waals surface area contributed by atoms with Gasteiger partial charge in [0, 0.05) is 29.1 Å². The van der Waals surface area contributed by atoms with Crippen molar-refractivity contribution in [2.24, 2.45) is 0 Å². The van der Waals surface area contributed by atoms with Crippen LogP contribution in [0.25, 0.3) is 75.5 Å². The molecule has 0 atom stereocenters. The van der Waals surface area contributed by atoms with E-state index < -0.39 is 0 Å². The molecule has 242 valence electrons. The van der Waals surface area contributed by atoms with E-state index in [0.29, 0.717) is 89.4 Å². The molecule has 10 nitrogen and oxygen atoms in total. The third kappa shape index (κ3) is 5.31. The van der Waals surface area contributed by atoms with Crippen LogP contribution in [-0.2, 0) is 0 Å². The summed E-state index contributed by atoms with van der Waals surface area (Å²) in [4.78, 5) is 23.0. The molecule has 0 saturated heterocycles. The van der Waals surface area contributed by atoms with Crippen LogP contribution in [0.5, 0.6) is 0 Å². The van der Waals surface area contributed by atoms with Gasteiger partial charge in [0.15, 0.2) is 0 Å². The molecule has 7 rings (SSSR count). The molecule has 2 aliphatic rings. The van der Waals surface area contributed by atoms with Gasteiger partial charge in [-0.25, -0.2) is 29.9 Å². The summed E-state index contributed by atoms with van der Waals surface area (Å²) in [5.74, 6) is 0. The molecule has 0 radical (unpaired) electrons. The third-order valence-corrected chi connectivity index (χ3v) is 9.05. The van der Waals surface area contributed by atoms with Crippen molar-refractivity contribution in [1.29, 1.82) is 21.0 Å². The van der Waals surface area contributed by atoms with Crippen molar-refractivity contribution in [3.63, 3.8) is 0 Å². The van der Waals surface area contributed by atoms with Gasteiger partial charge in [0.25, 0.3) is 11.4 Å². The lowest BCUT2D eigenvalue weighted by Crippen LogP contribution is -1.93. The van der Waals surface area contributed by atoms with Crippen LogP contribution in [0.1, 0.15) is 38.9 Å². The van der Waals surface area contributed by atoms with Crippen molar-refractivity contribution in [3.05, 3.63) is 193 Å². The zero-order valence-electron chi connectivity index (χ0n) is 27.7. The smallest absolute Gasteiger partial charge is 0.268 e. The minimum absolute atomic E-state index is 0.186. The summed E-state index contributed by atoms with van der Waals surface area (Å²) < 4.78 is 0. The maximum Gasteiger partial charge on any atom is 0.270 e. The number of benzene rings is 3. The van der Waals surface area contributed by atoms with Crippen molar-refractivity contribution in [2.45, 2.75) is 0 Å². The molecule has 2 heterocycles. The van der Waals surface area contributed by atoms with Gasteiger partial charge in [0.2, 0.25) is 11.4 Å². The summed E-state index contributed by atoms with van der Waals surface area (Å²) in [6, 6.07) is 32.6. The molecule has 0 fully saturated rings. The van der Waals surface area contributed by atoms with Crippen LogP contribution in [0, 0.1) is 71.6 Å². The fraction of sp³-hybridized carbons (Fsp3) is 0. The van der Waals surface area contributed by atoms with Crippen molar-refractivity contribution >= 4 is 39.2 Å². The number of hydrogen-bond donors (Lipinski definition) is 0. The average Bonchev–Trinajstić information content (AvgIpc) is 3.73. The van der Waals surface area contributed by atoms with Crippen molar-refractivity contribution in [3.8, 4) is 46.8 Å². The summed E-state index contributed by atoms with van der Waals surface area (Å²) >= 11 is 0. The minimum Gasteiger partial charge on any atom is -0.268 e. The van der Waals surface area contributed by atoms with Gasteiger partial charge in [-0.05, 0) is 74.4 Å². The van der Waals surface area contributed by atoms with Crippen LogP contribution in [-0.4, -0.2) is 9.97 Å². The Bertz CT molecular complexity index is 2740. The van der Waals surface area contributed by atoms with Crippen LogP contribution in [0.4, 0.5) is 5.69 Å². The van der Waals surface area contributed by atoms with Gasteiger partial charge in [0.05, 0.1) is 61.0 Å². The van der Waals surface area contributed by atoms with E-state index >= 15 is 0 Å². The first-order valence-corrected chi connectivity index (χ1v) is 15.8. The van der Waals surface area contributed by atoms with Gasteiger partial charge in [-0.3, -0.25) is 9.97 Å². The quantitative estimate of drug-likeness (QED) is 0.136. The van der Waals surface area contributed by atoms with Gasteiger partial charge < -0.3 is 0 Å². The van der Waals surface area contributed by atoms with Crippen LogP contribution < -0.4 is 0 Å². The van der Waals surface area contributed by atoms with Gasteiger partial charge in [-0.1, -0.05) is 60.7 Å². The molecule has 0 bridgehead atoms. The zero-order valence-corrected chi connectivity index (χ0v) is 27.7. The van der Waals surface area contributed by atoms with Gasteiger partial charge >= 0.3 is 0 Å². The van der Waals surface area contributed by atoms with E-state index in [1.54, 1.807) is 84.9 Å². The second-order valence-corrected chi connectivity index (χ2v) is 11.7. The molecular formula is C44H16N10. The molecular weight excluding hydrogens is 669 g/mol. The third-order valence-electron chi connectivity index (χ3n) is 9.05. The molecule has 10 heteroatoms. The highest BCUT2D eigenvalue weighted by atomic mass is 14.7. The molecule has 2 aromatic heterocycles. The number of nitriles is 4. The highest BCUT2D eigenvalue weighted by Gasteiger charge is 2.33. The molecule has 0 N–H and O–H groups in total. The number of allylic oxidation sites excluding steroid dienone is 7. The van der Waals surface area contributed by atoms with E-state index in [0.717, 1.165) is 0 Å². The van der Waals surface area contributed by atoms with Crippen LogP contribution in [0.3, 0.4) is 0 Å². The van der Waals surface area contributed by atoms with E-state index in [1.165, 1.54) is 12.4 Å². The van der Waals surface area contributed by atoms with E-state index in [4.69, 9.17) is 26.3 Å². The topological polar surface area (TPSA) is 138 Å². The van der Waals surface area contributed by atoms with Crippen LogP contribution >= 0.6 is 0 Å². The summed E-state index contributed by atoms with van der Waals surface area (Å²) in [7, 11) is 0. The van der Waals surface area contributed by atoms with Crippen molar-refractivity contribution < 1.29 is 0 Å². The average molecular weight is 685 g/mol. The minimum atomic E-state index is -0.189. The molecule has 54 heavy (non-hydrogen) atoms. The molecule has 0 saturated carbocycles. The summed E-state index contributed by atoms with van der Waals surface area (Å²) in [5, 5.41) is 39.8. The van der Waals surface area contributed by atoms with Gasteiger partial charge in [0.1, 0.15) is 12.1 Å². The largest absolute Gasteiger partial charge is 0.270 e. The Balaban J connectivity index is 1.38. The second-order valence-electron chi connectivity index (χ2n) is 11.7. The number of hydrogen-bond acceptors (Lipinski definition) is 6. The first kappa shape index (κ1) is 33.3. The lowest BCUT2D eigenvalue weighted by molar-refractivity contribution is 1.30. The van der Waals surface area contributed by atoms with Crippen molar-refractivity contribution in [2.75, 3.05) is 0 Å². The Morgan fingerprint density at radius 2 is 1.06 bits per heavy atom. The summed E-state index contributed by atoms with van der Waals surface area (Å²) in [6.45, 7) is 31.0. The number of pyridine rings is 2. The Hall–Kier alpha value is -9.16. The highest BCUT2D eigenvalue weighted by Crippen LogP contribution is 2.52. The van der Waals surface area contributed by atoms with E-state index in [9.17, 15) is 21.0 Å². The Labute approximate surface area is 309 Å². The zero-order chi connectivity index (χ0) is 37.9. The number of fused-ring (bicyclic) bond motifs is 2.